The molecule has 33 heavy (non-hydrogen) atoms. The van der Waals surface area contributed by atoms with Gasteiger partial charge in [0.05, 0.1) is 17.2 Å². The number of benzene rings is 2. The van der Waals surface area contributed by atoms with Crippen molar-refractivity contribution >= 4 is 65.8 Å². The number of carbonyl (C=O) groups excluding carboxylic acids is 1. The summed E-state index contributed by atoms with van der Waals surface area (Å²) in [6.45, 7) is 5.55. The highest BCUT2D eigenvalue weighted by atomic mass is 79.9. The molecule has 0 aliphatic heterocycles. The molecule has 1 N–H and O–H groups in total. The lowest BCUT2D eigenvalue weighted by molar-refractivity contribution is -0.114. The summed E-state index contributed by atoms with van der Waals surface area (Å²) in [7, 11) is -4.03. The molecule has 0 atom stereocenters. The zero-order valence-electron chi connectivity index (χ0n) is 17.6. The summed E-state index contributed by atoms with van der Waals surface area (Å²) >= 11 is 5.96. The molecule has 3 rings (SSSR count). The van der Waals surface area contributed by atoms with Crippen molar-refractivity contribution in [3.8, 4) is 5.75 Å². The quantitative estimate of drug-likeness (QED) is 0.201. The van der Waals surface area contributed by atoms with Crippen molar-refractivity contribution in [3.05, 3.63) is 65.7 Å². The van der Waals surface area contributed by atoms with Gasteiger partial charge in [0.2, 0.25) is 11.0 Å². The van der Waals surface area contributed by atoms with Gasteiger partial charge in [0, 0.05) is 10.2 Å². The molecule has 1 aromatic heterocycles. The summed E-state index contributed by atoms with van der Waals surface area (Å²) in [4.78, 5) is 12.8. The van der Waals surface area contributed by atoms with E-state index in [9.17, 15) is 13.2 Å². The Morgan fingerprint density at radius 2 is 1.91 bits per heavy atom. The molecule has 0 saturated heterocycles. The first-order valence-corrected chi connectivity index (χ1v) is 13.7. The minimum Gasteiger partial charge on any atom is -0.494 e. The standard InChI is InChI=1S/C21H21BrN4O4S3/c1-3-13-31-21-25-24-20(32-21)23-19(27)14-26(16-7-9-17(10-8-16)30-4-2)33(28,29)18-11-5-15(22)6-12-18/h3,5-12H,1,4,13-14H2,2H3,(H,23,24,27). The average molecular weight is 570 g/mol. The van der Waals surface area contributed by atoms with Crippen LogP contribution in [-0.2, 0) is 14.8 Å². The van der Waals surface area contributed by atoms with Crippen LogP contribution in [0.1, 0.15) is 6.92 Å². The Hall–Kier alpha value is -2.41. The summed E-state index contributed by atoms with van der Waals surface area (Å²) in [6.07, 6.45) is 1.74. The fourth-order valence-corrected chi connectivity index (χ4v) is 5.88. The zero-order valence-corrected chi connectivity index (χ0v) is 21.6. The van der Waals surface area contributed by atoms with Crippen LogP contribution in [0.4, 0.5) is 10.8 Å². The Balaban J connectivity index is 1.86. The first-order chi connectivity index (χ1) is 15.8. The number of rotatable bonds is 11. The van der Waals surface area contributed by atoms with Crippen molar-refractivity contribution in [1.82, 2.24) is 10.2 Å². The maximum atomic E-state index is 13.4. The van der Waals surface area contributed by atoms with E-state index in [-0.39, 0.29) is 4.90 Å². The van der Waals surface area contributed by atoms with Crippen LogP contribution in [-0.4, -0.2) is 43.4 Å². The fourth-order valence-electron chi connectivity index (χ4n) is 2.66. The summed E-state index contributed by atoms with van der Waals surface area (Å²) in [6, 6.07) is 12.7. The number of halogens is 1. The van der Waals surface area contributed by atoms with Gasteiger partial charge in [-0.15, -0.1) is 16.8 Å². The second-order valence-electron chi connectivity index (χ2n) is 6.41. The maximum absolute atomic E-state index is 13.4. The first-order valence-electron chi connectivity index (χ1n) is 9.71. The van der Waals surface area contributed by atoms with Crippen LogP contribution in [0, 0.1) is 0 Å². The number of amides is 1. The lowest BCUT2D eigenvalue weighted by Crippen LogP contribution is -2.38. The predicted molar refractivity (Wildman–Crippen MR) is 136 cm³/mol. The number of hydrogen-bond donors (Lipinski definition) is 1. The van der Waals surface area contributed by atoms with Crippen LogP contribution in [0.15, 0.2) is 74.9 Å². The molecular formula is C21H21BrN4O4S3. The number of hydrogen-bond acceptors (Lipinski definition) is 8. The van der Waals surface area contributed by atoms with Gasteiger partial charge in [-0.1, -0.05) is 45.1 Å². The van der Waals surface area contributed by atoms with Gasteiger partial charge in [-0.05, 0) is 55.5 Å². The number of carbonyl (C=O) groups is 1. The topological polar surface area (TPSA) is 101 Å². The second-order valence-corrected chi connectivity index (χ2v) is 11.4. The number of anilines is 2. The fraction of sp³-hybridized carbons (Fsp3) is 0.190. The van der Waals surface area contributed by atoms with Crippen molar-refractivity contribution in [1.29, 1.82) is 0 Å². The van der Waals surface area contributed by atoms with E-state index < -0.39 is 22.5 Å². The van der Waals surface area contributed by atoms with E-state index in [4.69, 9.17) is 4.74 Å². The van der Waals surface area contributed by atoms with Crippen molar-refractivity contribution in [3.63, 3.8) is 0 Å². The molecule has 1 amide bonds. The number of nitrogens with one attached hydrogen (secondary N) is 1. The van der Waals surface area contributed by atoms with E-state index in [0.717, 1.165) is 8.78 Å². The molecule has 8 nitrogen and oxygen atoms in total. The molecule has 0 radical (unpaired) electrons. The number of sulfonamides is 1. The van der Waals surface area contributed by atoms with Gasteiger partial charge >= 0.3 is 0 Å². The average Bonchev–Trinajstić information content (AvgIpc) is 3.24. The van der Waals surface area contributed by atoms with E-state index in [1.807, 2.05) is 6.92 Å². The Labute approximate surface area is 209 Å². The molecule has 0 aliphatic rings. The smallest absolute Gasteiger partial charge is 0.264 e. The Kier molecular flexibility index (Phi) is 8.89. The number of thioether (sulfide) groups is 1. The lowest BCUT2D eigenvalue weighted by Gasteiger charge is -2.24. The third kappa shape index (κ3) is 6.79. The van der Waals surface area contributed by atoms with E-state index >= 15 is 0 Å². The molecule has 0 saturated carbocycles. The molecule has 0 bridgehead atoms. The van der Waals surface area contributed by atoms with E-state index in [1.165, 1.54) is 35.2 Å². The van der Waals surface area contributed by atoms with Gasteiger partial charge in [-0.25, -0.2) is 8.42 Å². The highest BCUT2D eigenvalue weighted by Crippen LogP contribution is 2.28. The van der Waals surface area contributed by atoms with Crippen LogP contribution >= 0.6 is 39.0 Å². The van der Waals surface area contributed by atoms with Crippen molar-refractivity contribution in [2.24, 2.45) is 0 Å². The van der Waals surface area contributed by atoms with E-state index in [1.54, 1.807) is 42.5 Å². The number of aromatic nitrogens is 2. The molecular weight excluding hydrogens is 548 g/mol. The number of nitrogens with zero attached hydrogens (tertiary/aromatic N) is 3. The van der Waals surface area contributed by atoms with Crippen LogP contribution in [0.2, 0.25) is 0 Å². The van der Waals surface area contributed by atoms with Crippen molar-refractivity contribution in [2.45, 2.75) is 16.2 Å². The van der Waals surface area contributed by atoms with Gasteiger partial charge in [0.1, 0.15) is 12.3 Å². The molecule has 1 heterocycles. The van der Waals surface area contributed by atoms with Crippen LogP contribution < -0.4 is 14.4 Å². The third-order valence-electron chi connectivity index (χ3n) is 4.10. The second kappa shape index (κ2) is 11.6. The lowest BCUT2D eigenvalue weighted by atomic mass is 10.3. The zero-order chi connectivity index (χ0) is 23.8. The van der Waals surface area contributed by atoms with Crippen LogP contribution in [0.5, 0.6) is 5.75 Å². The molecule has 12 heteroatoms. The highest BCUT2D eigenvalue weighted by Gasteiger charge is 2.27. The van der Waals surface area contributed by atoms with Crippen molar-refractivity contribution in [2.75, 3.05) is 28.5 Å². The molecule has 0 unspecified atom stereocenters. The predicted octanol–water partition coefficient (Wildman–Crippen LogP) is 4.81. The summed E-state index contributed by atoms with van der Waals surface area (Å²) < 4.78 is 34.8. The SMILES string of the molecule is C=CCSc1nnc(NC(=O)CN(c2ccc(OCC)cc2)S(=O)(=O)c2ccc(Br)cc2)s1. The minimum absolute atomic E-state index is 0.0615. The van der Waals surface area contributed by atoms with Gasteiger partial charge in [-0.3, -0.25) is 14.4 Å². The first kappa shape index (κ1) is 25.2. The molecule has 0 fully saturated rings. The monoisotopic (exact) mass is 568 g/mol. The molecule has 0 aliphatic carbocycles. The Morgan fingerprint density at radius 1 is 1.21 bits per heavy atom. The van der Waals surface area contributed by atoms with E-state index in [0.29, 0.717) is 33.3 Å². The maximum Gasteiger partial charge on any atom is 0.264 e. The van der Waals surface area contributed by atoms with Gasteiger partial charge in [0.25, 0.3) is 10.0 Å². The molecule has 0 spiro atoms. The third-order valence-corrected chi connectivity index (χ3v) is 8.39. The highest BCUT2D eigenvalue weighted by molar-refractivity contribution is 9.10. The Morgan fingerprint density at radius 3 is 2.55 bits per heavy atom. The summed E-state index contributed by atoms with van der Waals surface area (Å²) in [5, 5.41) is 10.9. The molecule has 3 aromatic rings. The molecule has 174 valence electrons. The normalized spacial score (nSPS) is 11.1. The van der Waals surface area contributed by atoms with Gasteiger partial charge < -0.3 is 4.74 Å². The van der Waals surface area contributed by atoms with E-state index in [2.05, 4.69) is 38.0 Å². The number of ether oxygens (including phenoxy) is 1. The summed E-state index contributed by atoms with van der Waals surface area (Å²) in [5.41, 5.74) is 0.330. The van der Waals surface area contributed by atoms with Crippen LogP contribution in [0.3, 0.4) is 0 Å². The largest absolute Gasteiger partial charge is 0.494 e. The van der Waals surface area contributed by atoms with Crippen molar-refractivity contribution < 1.29 is 17.9 Å². The minimum atomic E-state index is -4.03. The molecule has 2 aromatic carbocycles. The summed E-state index contributed by atoms with van der Waals surface area (Å²) in [5.74, 6) is 0.727. The van der Waals surface area contributed by atoms with Crippen LogP contribution in [0.25, 0.3) is 0 Å². The van der Waals surface area contributed by atoms with Gasteiger partial charge in [-0.2, -0.15) is 0 Å². The Bertz CT molecular complexity index is 1200. The van der Waals surface area contributed by atoms with Gasteiger partial charge in [0.15, 0.2) is 4.34 Å².